The minimum Gasteiger partial charge on any atom is -0.481 e. The van der Waals surface area contributed by atoms with Crippen LogP contribution in [0.3, 0.4) is 0 Å². The van der Waals surface area contributed by atoms with Crippen molar-refractivity contribution in [3.63, 3.8) is 0 Å². The molecule has 2 N–H and O–H groups in total. The lowest BCUT2D eigenvalue weighted by molar-refractivity contribution is -0.145. The number of aliphatic carboxylic acids is 1. The zero-order valence-electron chi connectivity index (χ0n) is 11.2. The van der Waals surface area contributed by atoms with Crippen molar-refractivity contribution in [2.75, 3.05) is 13.7 Å². The van der Waals surface area contributed by atoms with Gasteiger partial charge in [0.05, 0.1) is 19.1 Å². The highest BCUT2D eigenvalue weighted by molar-refractivity contribution is 5.84. The third-order valence-electron chi connectivity index (χ3n) is 3.70. The summed E-state index contributed by atoms with van der Waals surface area (Å²) in [5, 5.41) is 11.6. The van der Waals surface area contributed by atoms with E-state index in [1.807, 2.05) is 0 Å². The first-order valence-electron chi connectivity index (χ1n) is 6.59. The second kappa shape index (κ2) is 5.94. The Morgan fingerprint density at radius 3 is 2.70 bits per heavy atom. The van der Waals surface area contributed by atoms with Gasteiger partial charge in [-0.15, -0.1) is 0 Å². The summed E-state index contributed by atoms with van der Waals surface area (Å²) >= 11 is 0. The Labute approximate surface area is 116 Å². The second-order valence-corrected chi connectivity index (χ2v) is 5.00. The van der Waals surface area contributed by atoms with Gasteiger partial charge in [0.2, 0.25) is 0 Å². The predicted octanol–water partition coefficient (Wildman–Crippen LogP) is 0.363. The van der Waals surface area contributed by atoms with Crippen LogP contribution in [0.25, 0.3) is 0 Å². The van der Waals surface area contributed by atoms with Gasteiger partial charge < -0.3 is 20.1 Å². The normalized spacial score (nSPS) is 28.4. The van der Waals surface area contributed by atoms with E-state index in [4.69, 9.17) is 5.11 Å². The van der Waals surface area contributed by atoms with Crippen LogP contribution in [0.4, 0.5) is 4.79 Å². The fourth-order valence-electron chi connectivity index (χ4n) is 2.62. The number of rotatable bonds is 3. The molecule has 0 bridgehead atoms. The van der Waals surface area contributed by atoms with Crippen molar-refractivity contribution >= 4 is 18.0 Å². The quantitative estimate of drug-likeness (QED) is 0.575. The predicted molar refractivity (Wildman–Crippen MR) is 68.9 cm³/mol. The number of esters is 1. The molecule has 1 aliphatic heterocycles. The Bertz CT molecular complexity index is 448. The average Bonchev–Trinajstić information content (AvgIpc) is 3.06. The number of carbonyl (C=O) groups excluding carboxylic acids is 2. The maximum absolute atomic E-state index is 12.1. The molecule has 20 heavy (non-hydrogen) atoms. The van der Waals surface area contributed by atoms with E-state index in [1.54, 1.807) is 12.2 Å². The molecule has 1 saturated heterocycles. The van der Waals surface area contributed by atoms with Crippen LogP contribution in [0.5, 0.6) is 0 Å². The SMILES string of the molecule is COC(=O)C1CCCN1C(=O)NC1C=CC(C(=O)O)C1. The summed E-state index contributed by atoms with van der Waals surface area (Å²) < 4.78 is 4.68. The van der Waals surface area contributed by atoms with Crippen LogP contribution < -0.4 is 5.32 Å². The summed E-state index contributed by atoms with van der Waals surface area (Å²) in [5.74, 6) is -1.87. The first-order valence-corrected chi connectivity index (χ1v) is 6.59. The minimum atomic E-state index is -0.897. The van der Waals surface area contributed by atoms with Crippen molar-refractivity contribution in [2.45, 2.75) is 31.3 Å². The molecule has 1 aliphatic carbocycles. The molecule has 2 rings (SSSR count). The number of ether oxygens (including phenoxy) is 1. The monoisotopic (exact) mass is 282 g/mol. The van der Waals surface area contributed by atoms with Crippen LogP contribution in [0.1, 0.15) is 19.3 Å². The van der Waals surface area contributed by atoms with Crippen LogP contribution in [0.15, 0.2) is 12.2 Å². The lowest BCUT2D eigenvalue weighted by Crippen LogP contribution is -2.48. The van der Waals surface area contributed by atoms with Crippen LogP contribution in [-0.2, 0) is 14.3 Å². The third kappa shape index (κ3) is 2.92. The number of methoxy groups -OCH3 is 1. The second-order valence-electron chi connectivity index (χ2n) is 5.00. The maximum atomic E-state index is 12.1. The minimum absolute atomic E-state index is 0.303. The Morgan fingerprint density at radius 2 is 2.10 bits per heavy atom. The molecule has 1 fully saturated rings. The third-order valence-corrected chi connectivity index (χ3v) is 3.70. The summed E-state index contributed by atoms with van der Waals surface area (Å²) in [5.41, 5.74) is 0. The highest BCUT2D eigenvalue weighted by Gasteiger charge is 2.36. The van der Waals surface area contributed by atoms with E-state index in [9.17, 15) is 14.4 Å². The topological polar surface area (TPSA) is 95.9 Å². The molecule has 0 aromatic carbocycles. The van der Waals surface area contributed by atoms with E-state index < -0.39 is 23.9 Å². The number of carboxylic acid groups (broad SMARTS) is 1. The highest BCUT2D eigenvalue weighted by atomic mass is 16.5. The molecular formula is C13H18N2O5. The van der Waals surface area contributed by atoms with E-state index in [-0.39, 0.29) is 12.1 Å². The first kappa shape index (κ1) is 14.4. The van der Waals surface area contributed by atoms with Gasteiger partial charge >= 0.3 is 18.0 Å². The van der Waals surface area contributed by atoms with E-state index in [1.165, 1.54) is 12.0 Å². The summed E-state index contributed by atoms with van der Waals surface area (Å²) in [7, 11) is 1.30. The number of hydrogen-bond donors (Lipinski definition) is 2. The van der Waals surface area contributed by atoms with Crippen LogP contribution >= 0.6 is 0 Å². The molecule has 0 aromatic rings. The molecule has 0 spiro atoms. The van der Waals surface area contributed by atoms with Gasteiger partial charge in [-0.3, -0.25) is 4.79 Å². The van der Waals surface area contributed by atoms with Gasteiger partial charge in [-0.05, 0) is 19.3 Å². The van der Waals surface area contributed by atoms with Gasteiger partial charge in [-0.25, -0.2) is 9.59 Å². The number of urea groups is 1. The fourth-order valence-corrected chi connectivity index (χ4v) is 2.62. The van der Waals surface area contributed by atoms with Crippen molar-refractivity contribution in [2.24, 2.45) is 5.92 Å². The van der Waals surface area contributed by atoms with Gasteiger partial charge in [0, 0.05) is 6.54 Å². The number of nitrogens with one attached hydrogen (secondary N) is 1. The largest absolute Gasteiger partial charge is 0.481 e. The summed E-state index contributed by atoms with van der Waals surface area (Å²) in [4.78, 5) is 36.0. The maximum Gasteiger partial charge on any atom is 0.328 e. The van der Waals surface area contributed by atoms with Crippen molar-refractivity contribution < 1.29 is 24.2 Å². The fraction of sp³-hybridized carbons (Fsp3) is 0.615. The highest BCUT2D eigenvalue weighted by Crippen LogP contribution is 2.21. The lowest BCUT2D eigenvalue weighted by Gasteiger charge is -2.24. The first-order chi connectivity index (χ1) is 9.52. The molecule has 3 atom stereocenters. The molecular weight excluding hydrogens is 264 g/mol. The van der Waals surface area contributed by atoms with Gasteiger partial charge in [-0.2, -0.15) is 0 Å². The molecule has 110 valence electrons. The number of nitrogens with zero attached hydrogens (tertiary/aromatic N) is 1. The van der Waals surface area contributed by atoms with E-state index in [0.29, 0.717) is 19.4 Å². The van der Waals surface area contributed by atoms with Gasteiger partial charge in [-0.1, -0.05) is 12.2 Å². The number of carbonyl (C=O) groups is 3. The molecule has 1 heterocycles. The zero-order valence-corrected chi connectivity index (χ0v) is 11.2. The molecule has 7 heteroatoms. The van der Waals surface area contributed by atoms with Gasteiger partial charge in [0.25, 0.3) is 0 Å². The number of carboxylic acids is 1. The lowest BCUT2D eigenvalue weighted by atomic mass is 10.1. The summed E-state index contributed by atoms with van der Waals surface area (Å²) in [6.45, 7) is 0.504. The number of hydrogen-bond acceptors (Lipinski definition) is 4. The van der Waals surface area contributed by atoms with Crippen molar-refractivity contribution in [3.8, 4) is 0 Å². The van der Waals surface area contributed by atoms with Crippen molar-refractivity contribution in [1.29, 1.82) is 0 Å². The molecule has 2 amide bonds. The summed E-state index contributed by atoms with van der Waals surface area (Å²) in [6, 6.07) is -1.19. The molecule has 7 nitrogen and oxygen atoms in total. The standard InChI is InChI=1S/C13H18N2O5/c1-20-12(18)10-3-2-6-15(10)13(19)14-9-5-4-8(7-9)11(16)17/h4-5,8-10H,2-3,6-7H2,1H3,(H,14,19)(H,16,17). The Kier molecular flexibility index (Phi) is 4.26. The molecule has 0 saturated carbocycles. The molecule has 3 unspecified atom stereocenters. The number of amides is 2. The molecule has 0 aromatic heterocycles. The Hall–Kier alpha value is -2.05. The van der Waals surface area contributed by atoms with E-state index in [2.05, 4.69) is 10.1 Å². The molecule has 0 radical (unpaired) electrons. The molecule has 2 aliphatic rings. The van der Waals surface area contributed by atoms with Crippen LogP contribution in [-0.4, -0.2) is 53.7 Å². The van der Waals surface area contributed by atoms with Crippen molar-refractivity contribution in [3.05, 3.63) is 12.2 Å². The zero-order chi connectivity index (χ0) is 14.7. The smallest absolute Gasteiger partial charge is 0.328 e. The van der Waals surface area contributed by atoms with Crippen LogP contribution in [0.2, 0.25) is 0 Å². The summed E-state index contributed by atoms with van der Waals surface area (Å²) in [6.07, 6.45) is 4.95. The van der Waals surface area contributed by atoms with Gasteiger partial charge in [0.1, 0.15) is 6.04 Å². The van der Waals surface area contributed by atoms with Crippen molar-refractivity contribution in [1.82, 2.24) is 10.2 Å². The van der Waals surface area contributed by atoms with E-state index >= 15 is 0 Å². The van der Waals surface area contributed by atoms with Crippen LogP contribution in [0, 0.1) is 5.92 Å². The van der Waals surface area contributed by atoms with E-state index in [0.717, 1.165) is 6.42 Å². The average molecular weight is 282 g/mol. The Morgan fingerprint density at radius 1 is 1.35 bits per heavy atom. The number of likely N-dealkylation sites (tertiary alicyclic amines) is 1. The Balaban J connectivity index is 1.91. The van der Waals surface area contributed by atoms with Gasteiger partial charge in [0.15, 0.2) is 0 Å².